The fourth-order valence-corrected chi connectivity index (χ4v) is 5.97. The van der Waals surface area contributed by atoms with Crippen LogP contribution in [0, 0.1) is 5.82 Å². The maximum atomic E-state index is 15.8. The van der Waals surface area contributed by atoms with Gasteiger partial charge >= 0.3 is 5.69 Å². The first-order chi connectivity index (χ1) is 18.3. The molecule has 4 heterocycles. The van der Waals surface area contributed by atoms with Gasteiger partial charge < -0.3 is 19.1 Å². The fourth-order valence-electron chi connectivity index (χ4n) is 5.60. The second-order valence-corrected chi connectivity index (χ2v) is 11.0. The van der Waals surface area contributed by atoms with E-state index in [1.807, 2.05) is 31.0 Å². The zero-order valence-electron chi connectivity index (χ0n) is 22.0. The van der Waals surface area contributed by atoms with E-state index in [4.69, 9.17) is 9.47 Å². The minimum absolute atomic E-state index is 0.0970. The summed E-state index contributed by atoms with van der Waals surface area (Å²) in [6, 6.07) is 3.26. The summed E-state index contributed by atoms with van der Waals surface area (Å²) in [7, 11) is 5.80. The van der Waals surface area contributed by atoms with E-state index in [1.54, 1.807) is 24.0 Å². The van der Waals surface area contributed by atoms with E-state index >= 15 is 4.39 Å². The smallest absolute Gasteiger partial charge is 0.329 e. The van der Waals surface area contributed by atoms with Crippen LogP contribution in [0.4, 0.5) is 10.1 Å². The summed E-state index contributed by atoms with van der Waals surface area (Å²) in [6.45, 7) is 1.72. The summed E-state index contributed by atoms with van der Waals surface area (Å²) in [5, 5.41) is 0.656. The van der Waals surface area contributed by atoms with Crippen molar-refractivity contribution < 1.29 is 13.9 Å². The molecule has 0 saturated heterocycles. The highest BCUT2D eigenvalue weighted by atomic mass is 32.2. The molecule has 0 bridgehead atoms. The van der Waals surface area contributed by atoms with Crippen molar-refractivity contribution in [3.05, 3.63) is 40.8 Å². The second-order valence-electron chi connectivity index (χ2n) is 10.4. The van der Waals surface area contributed by atoms with Crippen molar-refractivity contribution in [3.63, 3.8) is 0 Å². The van der Waals surface area contributed by atoms with Crippen LogP contribution in [0.15, 0.2) is 29.3 Å². The molecule has 0 atom stereocenters. The van der Waals surface area contributed by atoms with Gasteiger partial charge in [0, 0.05) is 37.7 Å². The number of anilines is 1. The first-order valence-corrected chi connectivity index (χ1v) is 14.0. The van der Waals surface area contributed by atoms with Crippen LogP contribution in [-0.2, 0) is 12.6 Å². The number of benzene rings is 1. The molecule has 9 nitrogen and oxygen atoms in total. The normalized spacial score (nSPS) is 15.7. The highest BCUT2D eigenvalue weighted by molar-refractivity contribution is 7.99. The zero-order valence-corrected chi connectivity index (χ0v) is 22.8. The topological polar surface area (TPSA) is 86.4 Å². The Morgan fingerprint density at radius 2 is 2.08 bits per heavy atom. The van der Waals surface area contributed by atoms with E-state index in [1.165, 1.54) is 18.0 Å². The number of nitrogens with zero attached hydrogens (tertiary/aromatic N) is 5. The zero-order chi connectivity index (χ0) is 26.6. The van der Waals surface area contributed by atoms with Crippen molar-refractivity contribution >= 4 is 39.6 Å². The van der Waals surface area contributed by atoms with Crippen LogP contribution >= 0.6 is 11.9 Å². The Balaban J connectivity index is 1.52. The van der Waals surface area contributed by atoms with E-state index in [0.717, 1.165) is 37.7 Å². The number of pyridine rings is 2. The number of hydrogen-bond donors (Lipinski definition) is 1. The first-order valence-electron chi connectivity index (χ1n) is 12.8. The summed E-state index contributed by atoms with van der Waals surface area (Å²) in [4.78, 5) is 24.6. The Labute approximate surface area is 224 Å². The Morgan fingerprint density at radius 3 is 2.79 bits per heavy atom. The van der Waals surface area contributed by atoms with Gasteiger partial charge in [0.2, 0.25) is 5.88 Å². The number of aryl methyl sites for hydroxylation is 1. The minimum atomic E-state index is -0.453. The average Bonchev–Trinajstić information content (AvgIpc) is 3.02. The number of hydrogen-bond acceptors (Lipinski definition) is 8. The molecule has 1 aliphatic heterocycles. The van der Waals surface area contributed by atoms with Crippen LogP contribution in [0.1, 0.15) is 25.7 Å². The van der Waals surface area contributed by atoms with E-state index in [0.29, 0.717) is 58.1 Å². The molecule has 1 spiro atoms. The Kier molecular flexibility index (Phi) is 6.22. The van der Waals surface area contributed by atoms with Gasteiger partial charge in [-0.05, 0) is 45.8 Å². The van der Waals surface area contributed by atoms with Gasteiger partial charge in [0.05, 0.1) is 45.8 Å². The molecule has 1 N–H and O–H groups in total. The molecule has 38 heavy (non-hydrogen) atoms. The number of nitrogens with one attached hydrogen (secondary N) is 1. The van der Waals surface area contributed by atoms with E-state index in [9.17, 15) is 4.79 Å². The van der Waals surface area contributed by atoms with Crippen LogP contribution in [0.25, 0.3) is 33.1 Å². The van der Waals surface area contributed by atoms with Crippen LogP contribution in [0.5, 0.6) is 11.6 Å². The molecule has 1 fully saturated rings. The molecule has 0 amide bonds. The Bertz CT molecular complexity index is 1610. The van der Waals surface area contributed by atoms with E-state index < -0.39 is 11.4 Å². The third-order valence-corrected chi connectivity index (χ3v) is 8.09. The standard InChI is InChI=1S/C27H31FN6O3S/c1-32(2)9-6-10-36-25-19(31-38-4)11-16(13-30-25)21-17(28)12-18-22-23-20(14-29-18)33(3)26(35)34(23)27(7-5-8-27)15-37-24(21)22/h11-14,31H,5-10,15H2,1-4H3. The molecule has 2 aliphatic rings. The van der Waals surface area contributed by atoms with Gasteiger partial charge in [-0.15, -0.1) is 0 Å². The van der Waals surface area contributed by atoms with Crippen LogP contribution in [0.2, 0.25) is 0 Å². The van der Waals surface area contributed by atoms with Crippen molar-refractivity contribution in [1.82, 2.24) is 24.0 Å². The Morgan fingerprint density at radius 1 is 1.26 bits per heavy atom. The van der Waals surface area contributed by atoms with Gasteiger partial charge in [0.25, 0.3) is 0 Å². The quantitative estimate of drug-likeness (QED) is 0.261. The van der Waals surface area contributed by atoms with Crippen molar-refractivity contribution in [3.8, 4) is 22.8 Å². The number of rotatable bonds is 8. The largest absolute Gasteiger partial charge is 0.490 e. The van der Waals surface area contributed by atoms with Crippen molar-refractivity contribution in [2.24, 2.45) is 7.05 Å². The van der Waals surface area contributed by atoms with Gasteiger partial charge in [-0.2, -0.15) is 0 Å². The number of ether oxygens (including phenoxy) is 2. The molecule has 1 aromatic carbocycles. The molecule has 1 saturated carbocycles. The average molecular weight is 539 g/mol. The number of halogens is 1. The number of imidazole rings is 1. The summed E-state index contributed by atoms with van der Waals surface area (Å²) >= 11 is 1.41. The van der Waals surface area contributed by atoms with Crippen LogP contribution in [-0.4, -0.2) is 64.1 Å². The van der Waals surface area contributed by atoms with Crippen molar-refractivity contribution in [1.29, 1.82) is 0 Å². The van der Waals surface area contributed by atoms with Crippen molar-refractivity contribution in [2.75, 3.05) is 44.8 Å². The predicted octanol–water partition coefficient (Wildman–Crippen LogP) is 4.38. The maximum Gasteiger partial charge on any atom is 0.329 e. The highest BCUT2D eigenvalue weighted by Gasteiger charge is 2.45. The molecule has 11 heteroatoms. The summed E-state index contributed by atoms with van der Waals surface area (Å²) < 4.78 is 34.9. The van der Waals surface area contributed by atoms with Crippen LogP contribution in [0.3, 0.4) is 0 Å². The molecule has 0 radical (unpaired) electrons. The molecule has 200 valence electrons. The lowest BCUT2D eigenvalue weighted by molar-refractivity contribution is 0.0719. The SMILES string of the molecule is CSNc1cc(-c2c(F)cc3ncc4c5c3c2OCC2(CCC2)n5c(=O)n4C)cnc1OCCCN(C)C. The van der Waals surface area contributed by atoms with Gasteiger partial charge in [0.1, 0.15) is 23.9 Å². The summed E-state index contributed by atoms with van der Waals surface area (Å²) in [5.74, 6) is 0.410. The van der Waals surface area contributed by atoms with Gasteiger partial charge in [-0.3, -0.25) is 14.1 Å². The summed E-state index contributed by atoms with van der Waals surface area (Å²) in [5.41, 5.74) is 2.91. The Hall–Kier alpha value is -3.31. The van der Waals surface area contributed by atoms with Gasteiger partial charge in [-0.25, -0.2) is 14.2 Å². The molecule has 1 aliphatic carbocycles. The van der Waals surface area contributed by atoms with Gasteiger partial charge in [-0.1, -0.05) is 11.9 Å². The second kappa shape index (κ2) is 9.46. The molecular weight excluding hydrogens is 507 g/mol. The molecule has 3 aromatic heterocycles. The maximum absolute atomic E-state index is 15.8. The molecular formula is C27H31FN6O3S. The van der Waals surface area contributed by atoms with E-state index in [-0.39, 0.29) is 5.69 Å². The number of aromatic nitrogens is 4. The fraction of sp³-hybridized carbons (Fsp3) is 0.444. The van der Waals surface area contributed by atoms with Crippen LogP contribution < -0.4 is 19.9 Å². The van der Waals surface area contributed by atoms with Crippen molar-refractivity contribution in [2.45, 2.75) is 31.2 Å². The highest BCUT2D eigenvalue weighted by Crippen LogP contribution is 2.49. The predicted molar refractivity (Wildman–Crippen MR) is 149 cm³/mol. The summed E-state index contributed by atoms with van der Waals surface area (Å²) in [6.07, 6.45) is 8.73. The lowest BCUT2D eigenvalue weighted by Crippen LogP contribution is -2.50. The lowest BCUT2D eigenvalue weighted by atomic mass is 9.77. The number of fused-ring (bicyclic) bond motifs is 1. The molecule has 0 unspecified atom stereocenters. The minimum Gasteiger partial charge on any atom is -0.490 e. The monoisotopic (exact) mass is 538 g/mol. The van der Waals surface area contributed by atoms with E-state index in [2.05, 4.69) is 19.6 Å². The first kappa shape index (κ1) is 25.0. The molecule has 4 aromatic rings. The lowest BCUT2D eigenvalue weighted by Gasteiger charge is -2.41. The van der Waals surface area contributed by atoms with Gasteiger partial charge in [0.15, 0.2) is 0 Å². The molecule has 6 rings (SSSR count). The third kappa shape index (κ3) is 3.82. The third-order valence-electron chi connectivity index (χ3n) is 7.67.